The van der Waals surface area contributed by atoms with Gasteiger partial charge >= 0.3 is 120 Å². The Balaban J connectivity index is 3.09. The van der Waals surface area contributed by atoms with Crippen LogP contribution >= 0.6 is 0 Å². The quantitative estimate of drug-likeness (QED) is 0.583. The Labute approximate surface area is 119 Å². The van der Waals surface area contributed by atoms with Gasteiger partial charge in [-0.15, -0.1) is 0 Å². The van der Waals surface area contributed by atoms with E-state index in [1.807, 2.05) is 0 Å². The molecule has 7 heteroatoms. The van der Waals surface area contributed by atoms with Crippen molar-refractivity contribution in [3.05, 3.63) is 35.9 Å². The van der Waals surface area contributed by atoms with Crippen molar-refractivity contribution in [3.8, 4) is 0 Å². The molecular formula is C13H16O6Sn. The number of hydrogen-bond donors (Lipinski definition) is 3. The van der Waals surface area contributed by atoms with Gasteiger partial charge in [0, 0.05) is 0 Å². The molecule has 108 valence electrons. The van der Waals surface area contributed by atoms with Gasteiger partial charge in [-0.2, -0.15) is 0 Å². The molecule has 0 aromatic heterocycles. The van der Waals surface area contributed by atoms with Crippen LogP contribution in [0.5, 0.6) is 0 Å². The van der Waals surface area contributed by atoms with E-state index in [1.165, 1.54) is 0 Å². The van der Waals surface area contributed by atoms with Crippen molar-refractivity contribution in [3.63, 3.8) is 0 Å². The molecule has 0 spiro atoms. The molecule has 0 atom stereocenters. The molecule has 0 fully saturated rings. The van der Waals surface area contributed by atoms with E-state index in [4.69, 9.17) is 15.3 Å². The van der Waals surface area contributed by atoms with Crippen molar-refractivity contribution >= 4 is 36.3 Å². The molecule has 0 saturated heterocycles. The summed E-state index contributed by atoms with van der Waals surface area (Å²) in [6.45, 7) is 0. The molecule has 1 aromatic rings. The Kier molecular flexibility index (Phi) is 6.00. The SMILES string of the molecule is O=C(O)[CH2][Sn]([CH2]C(=O)O)([CH2]C(=O)O)[CH2]c1ccccc1. The molecule has 0 aliphatic carbocycles. The Hall–Kier alpha value is -1.57. The molecular weight excluding hydrogens is 371 g/mol. The summed E-state index contributed by atoms with van der Waals surface area (Å²) in [6.07, 6.45) is 0. The first-order valence-electron chi connectivity index (χ1n) is 6.02. The number of hydrogen-bond acceptors (Lipinski definition) is 3. The molecule has 0 aliphatic heterocycles. The Morgan fingerprint density at radius 1 is 0.800 bits per heavy atom. The summed E-state index contributed by atoms with van der Waals surface area (Å²) >= 11 is -3.89. The normalized spacial score (nSPS) is 11.0. The van der Waals surface area contributed by atoms with E-state index >= 15 is 0 Å². The summed E-state index contributed by atoms with van der Waals surface area (Å²) in [4.78, 5) is 33.1. The molecule has 0 bridgehead atoms. The third kappa shape index (κ3) is 5.60. The number of rotatable bonds is 8. The minimum absolute atomic E-state index is 0.290. The second-order valence-electron chi connectivity index (χ2n) is 4.87. The predicted molar refractivity (Wildman–Crippen MR) is 73.2 cm³/mol. The van der Waals surface area contributed by atoms with Crippen molar-refractivity contribution in [1.29, 1.82) is 0 Å². The fraction of sp³-hybridized carbons (Fsp3) is 0.308. The van der Waals surface area contributed by atoms with E-state index in [1.54, 1.807) is 30.3 Å². The summed E-state index contributed by atoms with van der Waals surface area (Å²) in [7, 11) is 0. The number of carboxylic acids is 3. The van der Waals surface area contributed by atoms with Crippen LogP contribution in [0.3, 0.4) is 0 Å². The molecule has 20 heavy (non-hydrogen) atoms. The number of aliphatic carboxylic acids is 3. The first-order chi connectivity index (χ1) is 9.33. The Morgan fingerprint density at radius 2 is 1.20 bits per heavy atom. The second kappa shape index (κ2) is 7.27. The van der Waals surface area contributed by atoms with Crippen LogP contribution < -0.4 is 0 Å². The summed E-state index contributed by atoms with van der Waals surface area (Å²) < 4.78 is -0.563. The molecule has 0 amide bonds. The van der Waals surface area contributed by atoms with Crippen LogP contribution in [0.4, 0.5) is 0 Å². The van der Waals surface area contributed by atoms with E-state index in [9.17, 15) is 14.4 Å². The summed E-state index contributed by atoms with van der Waals surface area (Å²) in [5, 5.41) is 27.1. The number of benzene rings is 1. The standard InChI is InChI=1S/C7H7.3C2H3O2.Sn/c1-7-5-3-2-4-6-7;3*1-2(3)4;/h2-6H,1H2;3*1H2,(H,3,4);. The van der Waals surface area contributed by atoms with Gasteiger partial charge in [0.15, 0.2) is 0 Å². The first-order valence-corrected chi connectivity index (χ1v) is 14.1. The molecule has 0 unspecified atom stereocenters. The van der Waals surface area contributed by atoms with Gasteiger partial charge in [0.05, 0.1) is 0 Å². The predicted octanol–water partition coefficient (Wildman–Crippen LogP) is 1.47. The zero-order valence-electron chi connectivity index (χ0n) is 10.8. The average Bonchev–Trinajstić information content (AvgIpc) is 2.26. The number of carbonyl (C=O) groups is 3. The zero-order valence-corrected chi connectivity index (χ0v) is 13.6. The Bertz CT molecular complexity index is 458. The molecule has 0 saturated carbocycles. The molecule has 0 heterocycles. The van der Waals surface area contributed by atoms with Crippen molar-refractivity contribution in [1.82, 2.24) is 0 Å². The third-order valence-electron chi connectivity index (χ3n) is 3.00. The summed E-state index contributed by atoms with van der Waals surface area (Å²) in [5.74, 6) is -3.34. The van der Waals surface area contributed by atoms with Crippen LogP contribution in [0.1, 0.15) is 5.56 Å². The van der Waals surface area contributed by atoms with Crippen LogP contribution in [0.25, 0.3) is 0 Å². The fourth-order valence-corrected chi connectivity index (χ4v) is 13.1. The van der Waals surface area contributed by atoms with E-state index in [0.717, 1.165) is 5.56 Å². The molecule has 1 rings (SSSR count). The summed E-state index contributed by atoms with van der Waals surface area (Å²) in [6, 6.07) is 8.89. The van der Waals surface area contributed by atoms with E-state index in [-0.39, 0.29) is 13.3 Å². The molecule has 0 radical (unpaired) electrons. The first kappa shape index (κ1) is 16.5. The van der Waals surface area contributed by atoms with Gasteiger partial charge in [-0.1, -0.05) is 0 Å². The third-order valence-corrected chi connectivity index (χ3v) is 15.3. The van der Waals surface area contributed by atoms with Gasteiger partial charge in [0.2, 0.25) is 0 Å². The molecule has 6 nitrogen and oxygen atoms in total. The summed E-state index contributed by atoms with van der Waals surface area (Å²) in [5.41, 5.74) is 0.812. The average molecular weight is 387 g/mol. The maximum atomic E-state index is 11.0. The van der Waals surface area contributed by atoms with Crippen LogP contribution in [0, 0.1) is 0 Å². The van der Waals surface area contributed by atoms with Gasteiger partial charge < -0.3 is 0 Å². The van der Waals surface area contributed by atoms with E-state index < -0.39 is 36.3 Å². The Morgan fingerprint density at radius 3 is 1.55 bits per heavy atom. The fourth-order valence-electron chi connectivity index (χ4n) is 2.37. The van der Waals surface area contributed by atoms with Crippen LogP contribution in [-0.2, 0) is 18.8 Å². The van der Waals surface area contributed by atoms with Crippen molar-refractivity contribution in [2.45, 2.75) is 17.7 Å². The molecule has 1 aromatic carbocycles. The minimum atomic E-state index is -3.89. The zero-order chi connectivity index (χ0) is 15.2. The van der Waals surface area contributed by atoms with Crippen LogP contribution in [0.2, 0.25) is 13.3 Å². The van der Waals surface area contributed by atoms with Gasteiger partial charge in [-0.05, 0) is 0 Å². The van der Waals surface area contributed by atoms with Crippen molar-refractivity contribution in [2.24, 2.45) is 0 Å². The topological polar surface area (TPSA) is 112 Å². The number of carboxylic acid groups (broad SMARTS) is 3. The van der Waals surface area contributed by atoms with Gasteiger partial charge in [0.25, 0.3) is 0 Å². The molecule has 3 N–H and O–H groups in total. The van der Waals surface area contributed by atoms with Crippen LogP contribution in [-0.4, -0.2) is 51.6 Å². The molecule has 0 aliphatic rings. The van der Waals surface area contributed by atoms with Gasteiger partial charge in [-0.25, -0.2) is 0 Å². The van der Waals surface area contributed by atoms with Crippen LogP contribution in [0.15, 0.2) is 30.3 Å². The van der Waals surface area contributed by atoms with E-state index in [0.29, 0.717) is 4.44 Å². The van der Waals surface area contributed by atoms with Gasteiger partial charge in [-0.3, -0.25) is 0 Å². The van der Waals surface area contributed by atoms with Gasteiger partial charge in [0.1, 0.15) is 0 Å². The second-order valence-corrected chi connectivity index (χ2v) is 17.5. The maximum absolute atomic E-state index is 11.0. The monoisotopic (exact) mass is 388 g/mol. The van der Waals surface area contributed by atoms with Crippen molar-refractivity contribution in [2.75, 3.05) is 0 Å². The van der Waals surface area contributed by atoms with E-state index in [2.05, 4.69) is 0 Å². The van der Waals surface area contributed by atoms with Crippen molar-refractivity contribution < 1.29 is 29.7 Å².